The van der Waals surface area contributed by atoms with E-state index in [2.05, 4.69) is 18.7 Å². The molecule has 0 saturated heterocycles. The molecule has 2 aromatic rings. The van der Waals surface area contributed by atoms with Crippen LogP contribution in [0.5, 0.6) is 0 Å². The lowest BCUT2D eigenvalue weighted by Gasteiger charge is -2.27. The Morgan fingerprint density at radius 1 is 0.818 bits per heavy atom. The number of rotatable bonds is 4. The van der Waals surface area contributed by atoms with Crippen LogP contribution in [0.2, 0.25) is 0 Å². The van der Waals surface area contributed by atoms with Crippen molar-refractivity contribution in [1.29, 1.82) is 0 Å². The van der Waals surface area contributed by atoms with Crippen LogP contribution in [0.4, 0.5) is 11.4 Å². The second-order valence-electron chi connectivity index (χ2n) is 5.15. The standard InChI is InChI=1S/C18H18N2O2/c1-3-19(4-2)15-11-7-8-12-16(15)20-17(21)13-9-5-6-10-14(13)18(20)22/h5-12H,3-4H2,1-2H3. The van der Waals surface area contributed by atoms with E-state index in [1.54, 1.807) is 24.3 Å². The van der Waals surface area contributed by atoms with Gasteiger partial charge in [0.1, 0.15) is 0 Å². The summed E-state index contributed by atoms with van der Waals surface area (Å²) in [6.45, 7) is 5.75. The van der Waals surface area contributed by atoms with Crippen molar-refractivity contribution in [1.82, 2.24) is 0 Å². The molecule has 0 atom stereocenters. The highest BCUT2D eigenvalue weighted by Crippen LogP contribution is 2.35. The molecule has 0 radical (unpaired) electrons. The molecule has 2 aromatic carbocycles. The fourth-order valence-electron chi connectivity index (χ4n) is 2.89. The number of hydrogen-bond donors (Lipinski definition) is 0. The van der Waals surface area contributed by atoms with Gasteiger partial charge in [-0.05, 0) is 38.1 Å². The van der Waals surface area contributed by atoms with Gasteiger partial charge in [-0.1, -0.05) is 24.3 Å². The van der Waals surface area contributed by atoms with E-state index in [0.717, 1.165) is 18.8 Å². The number of carbonyl (C=O) groups excluding carboxylic acids is 2. The first-order valence-corrected chi connectivity index (χ1v) is 7.50. The summed E-state index contributed by atoms with van der Waals surface area (Å²) in [5.41, 5.74) is 2.50. The van der Waals surface area contributed by atoms with E-state index in [4.69, 9.17) is 0 Å². The summed E-state index contributed by atoms with van der Waals surface area (Å²) in [5.74, 6) is -0.500. The van der Waals surface area contributed by atoms with Crippen LogP contribution < -0.4 is 9.80 Å². The minimum Gasteiger partial charge on any atom is -0.370 e. The molecule has 0 unspecified atom stereocenters. The van der Waals surface area contributed by atoms with Gasteiger partial charge in [-0.3, -0.25) is 9.59 Å². The van der Waals surface area contributed by atoms with Gasteiger partial charge in [0, 0.05) is 13.1 Å². The Balaban J connectivity index is 2.11. The fraction of sp³-hybridized carbons (Fsp3) is 0.222. The normalized spacial score (nSPS) is 13.5. The van der Waals surface area contributed by atoms with Gasteiger partial charge in [0.05, 0.1) is 22.5 Å². The zero-order chi connectivity index (χ0) is 15.7. The second-order valence-corrected chi connectivity index (χ2v) is 5.15. The molecule has 0 aliphatic carbocycles. The van der Waals surface area contributed by atoms with Crippen molar-refractivity contribution in [2.24, 2.45) is 0 Å². The van der Waals surface area contributed by atoms with Crippen LogP contribution in [-0.4, -0.2) is 24.9 Å². The van der Waals surface area contributed by atoms with Gasteiger partial charge in [0.2, 0.25) is 0 Å². The van der Waals surface area contributed by atoms with Crippen molar-refractivity contribution in [3.05, 3.63) is 59.7 Å². The minimum absolute atomic E-state index is 0.250. The number of para-hydroxylation sites is 2. The van der Waals surface area contributed by atoms with Crippen LogP contribution in [-0.2, 0) is 0 Å². The minimum atomic E-state index is -0.250. The average molecular weight is 294 g/mol. The number of amides is 2. The second kappa shape index (κ2) is 5.64. The topological polar surface area (TPSA) is 40.6 Å². The van der Waals surface area contributed by atoms with Crippen LogP contribution in [0, 0.1) is 0 Å². The summed E-state index contributed by atoms with van der Waals surface area (Å²) in [5, 5.41) is 0. The lowest BCUT2D eigenvalue weighted by Crippen LogP contribution is -2.32. The fourth-order valence-corrected chi connectivity index (χ4v) is 2.89. The summed E-state index contributed by atoms with van der Waals surface area (Å²) in [7, 11) is 0. The smallest absolute Gasteiger partial charge is 0.266 e. The largest absolute Gasteiger partial charge is 0.370 e. The number of imide groups is 1. The zero-order valence-corrected chi connectivity index (χ0v) is 12.7. The summed E-state index contributed by atoms with van der Waals surface area (Å²) < 4.78 is 0. The van der Waals surface area contributed by atoms with E-state index in [1.165, 1.54) is 4.90 Å². The predicted molar refractivity (Wildman–Crippen MR) is 87.6 cm³/mol. The number of carbonyl (C=O) groups is 2. The molecule has 0 saturated carbocycles. The monoisotopic (exact) mass is 294 g/mol. The number of anilines is 2. The Hall–Kier alpha value is -2.62. The van der Waals surface area contributed by atoms with E-state index in [9.17, 15) is 9.59 Å². The van der Waals surface area contributed by atoms with E-state index in [-0.39, 0.29) is 11.8 Å². The van der Waals surface area contributed by atoms with Crippen LogP contribution in [0.15, 0.2) is 48.5 Å². The van der Waals surface area contributed by atoms with E-state index in [1.807, 2.05) is 24.3 Å². The maximum atomic E-state index is 12.6. The molecule has 1 heterocycles. The van der Waals surface area contributed by atoms with Gasteiger partial charge in [-0.15, -0.1) is 0 Å². The molecular formula is C18H18N2O2. The lowest BCUT2D eigenvalue weighted by atomic mass is 10.1. The molecule has 0 fully saturated rings. The van der Waals surface area contributed by atoms with Crippen LogP contribution in [0.25, 0.3) is 0 Å². The van der Waals surface area contributed by atoms with Crippen molar-refractivity contribution in [2.75, 3.05) is 22.9 Å². The highest BCUT2D eigenvalue weighted by atomic mass is 16.2. The molecule has 4 nitrogen and oxygen atoms in total. The van der Waals surface area contributed by atoms with Gasteiger partial charge < -0.3 is 4.90 Å². The van der Waals surface area contributed by atoms with Gasteiger partial charge in [-0.2, -0.15) is 0 Å². The van der Waals surface area contributed by atoms with Crippen LogP contribution >= 0.6 is 0 Å². The lowest BCUT2D eigenvalue weighted by molar-refractivity contribution is 0.0926. The van der Waals surface area contributed by atoms with Gasteiger partial charge in [0.15, 0.2) is 0 Å². The molecular weight excluding hydrogens is 276 g/mol. The third-order valence-corrected chi connectivity index (χ3v) is 4.02. The van der Waals surface area contributed by atoms with Crippen molar-refractivity contribution in [2.45, 2.75) is 13.8 Å². The molecule has 3 rings (SSSR count). The summed E-state index contributed by atoms with van der Waals surface area (Å²) >= 11 is 0. The molecule has 112 valence electrons. The van der Waals surface area contributed by atoms with E-state index in [0.29, 0.717) is 16.8 Å². The molecule has 0 bridgehead atoms. The maximum Gasteiger partial charge on any atom is 0.266 e. The number of nitrogens with zero attached hydrogens (tertiary/aromatic N) is 2. The molecule has 2 amide bonds. The zero-order valence-electron chi connectivity index (χ0n) is 12.7. The molecule has 1 aliphatic heterocycles. The highest BCUT2D eigenvalue weighted by molar-refractivity contribution is 6.35. The molecule has 0 spiro atoms. The van der Waals surface area contributed by atoms with Crippen molar-refractivity contribution >= 4 is 23.2 Å². The SMILES string of the molecule is CCN(CC)c1ccccc1N1C(=O)c2ccccc2C1=O. The predicted octanol–water partition coefficient (Wildman–Crippen LogP) is 3.33. The molecule has 22 heavy (non-hydrogen) atoms. The molecule has 0 N–H and O–H groups in total. The molecule has 0 aromatic heterocycles. The number of hydrogen-bond acceptors (Lipinski definition) is 3. The first-order valence-electron chi connectivity index (χ1n) is 7.50. The highest BCUT2D eigenvalue weighted by Gasteiger charge is 2.37. The Labute approximate surface area is 130 Å². The van der Waals surface area contributed by atoms with Crippen molar-refractivity contribution in [3.8, 4) is 0 Å². The van der Waals surface area contributed by atoms with Crippen LogP contribution in [0.3, 0.4) is 0 Å². The van der Waals surface area contributed by atoms with Gasteiger partial charge in [0.25, 0.3) is 11.8 Å². The number of fused-ring (bicyclic) bond motifs is 1. The van der Waals surface area contributed by atoms with E-state index >= 15 is 0 Å². The van der Waals surface area contributed by atoms with E-state index < -0.39 is 0 Å². The molecule has 4 heteroatoms. The van der Waals surface area contributed by atoms with Gasteiger partial charge in [-0.25, -0.2) is 4.90 Å². The first-order chi connectivity index (χ1) is 10.7. The Morgan fingerprint density at radius 3 is 1.86 bits per heavy atom. The van der Waals surface area contributed by atoms with Crippen molar-refractivity contribution < 1.29 is 9.59 Å². The Kier molecular flexibility index (Phi) is 3.67. The van der Waals surface area contributed by atoms with Gasteiger partial charge >= 0.3 is 0 Å². The van der Waals surface area contributed by atoms with Crippen LogP contribution in [0.1, 0.15) is 34.6 Å². The Bertz CT molecular complexity index is 700. The first kappa shape index (κ1) is 14.3. The average Bonchev–Trinajstić information content (AvgIpc) is 2.81. The third-order valence-electron chi connectivity index (χ3n) is 4.02. The number of benzene rings is 2. The summed E-state index contributed by atoms with van der Waals surface area (Å²) in [4.78, 5) is 28.7. The van der Waals surface area contributed by atoms with Crippen molar-refractivity contribution in [3.63, 3.8) is 0 Å². The maximum absolute atomic E-state index is 12.6. The Morgan fingerprint density at radius 2 is 1.32 bits per heavy atom. The summed E-state index contributed by atoms with van der Waals surface area (Å²) in [6, 6.07) is 14.5. The third kappa shape index (κ3) is 2.08. The summed E-state index contributed by atoms with van der Waals surface area (Å²) in [6.07, 6.45) is 0. The quantitative estimate of drug-likeness (QED) is 0.812. The molecule has 1 aliphatic rings.